The van der Waals surface area contributed by atoms with Crippen molar-refractivity contribution in [2.75, 3.05) is 5.75 Å². The van der Waals surface area contributed by atoms with E-state index in [0.717, 1.165) is 17.4 Å². The zero-order chi connectivity index (χ0) is 15.9. The lowest BCUT2D eigenvalue weighted by Crippen LogP contribution is -2.11. The molecule has 0 radical (unpaired) electrons. The number of thioether (sulfide) groups is 1. The molecule has 1 heterocycles. The van der Waals surface area contributed by atoms with E-state index in [1.165, 1.54) is 5.55 Å². The van der Waals surface area contributed by atoms with E-state index in [-0.39, 0.29) is 11.6 Å². The second-order valence-electron chi connectivity index (χ2n) is 4.06. The molecule has 0 amide bonds. The number of hydrogen-bond donors (Lipinski definition) is 2. The second kappa shape index (κ2) is 7.62. The van der Waals surface area contributed by atoms with Crippen LogP contribution in [0.25, 0.3) is 5.69 Å². The number of carbonyl (C=O) groups is 1. The van der Waals surface area contributed by atoms with Gasteiger partial charge in [-0.15, -0.1) is 16.9 Å². The number of carboxylic acids is 1. The van der Waals surface area contributed by atoms with E-state index >= 15 is 0 Å². The van der Waals surface area contributed by atoms with Crippen LogP contribution >= 0.6 is 23.4 Å². The minimum Gasteiger partial charge on any atom is -0.481 e. The van der Waals surface area contributed by atoms with Gasteiger partial charge in [0.15, 0.2) is 5.84 Å². The summed E-state index contributed by atoms with van der Waals surface area (Å²) in [4.78, 5) is 10.3. The fourth-order valence-corrected chi connectivity index (χ4v) is 2.02. The lowest BCUT2D eigenvalue weighted by atomic mass is 10.3. The van der Waals surface area contributed by atoms with Gasteiger partial charge in [-0.2, -0.15) is 10.2 Å². The highest BCUT2D eigenvalue weighted by Gasteiger charge is 2.04. The first-order valence-electron chi connectivity index (χ1n) is 6.05. The van der Waals surface area contributed by atoms with Crippen molar-refractivity contribution in [3.8, 4) is 5.69 Å². The number of amidine groups is 1. The molecular formula is C13H12ClN5O2S. The van der Waals surface area contributed by atoms with Gasteiger partial charge in [0.1, 0.15) is 0 Å². The maximum absolute atomic E-state index is 10.3. The van der Waals surface area contributed by atoms with Crippen molar-refractivity contribution in [3.63, 3.8) is 0 Å². The van der Waals surface area contributed by atoms with Crippen LogP contribution in [0.3, 0.4) is 0 Å². The third-order valence-electron chi connectivity index (χ3n) is 2.45. The molecule has 9 heteroatoms. The van der Waals surface area contributed by atoms with E-state index in [9.17, 15) is 4.79 Å². The lowest BCUT2D eigenvalue weighted by molar-refractivity contribution is -0.133. The van der Waals surface area contributed by atoms with Gasteiger partial charge < -0.3 is 10.8 Å². The maximum atomic E-state index is 10.3. The van der Waals surface area contributed by atoms with Crippen molar-refractivity contribution in [3.05, 3.63) is 47.2 Å². The zero-order valence-electron chi connectivity index (χ0n) is 11.3. The van der Waals surface area contributed by atoms with Gasteiger partial charge in [-0.3, -0.25) is 4.79 Å². The van der Waals surface area contributed by atoms with Crippen molar-refractivity contribution in [2.24, 2.45) is 15.9 Å². The Balaban J connectivity index is 2.05. The largest absolute Gasteiger partial charge is 0.481 e. The smallest absolute Gasteiger partial charge is 0.313 e. The molecule has 2 rings (SSSR count). The fraction of sp³-hybridized carbons (Fsp3) is 0.0769. The first kappa shape index (κ1) is 16.1. The van der Waals surface area contributed by atoms with Crippen molar-refractivity contribution in [1.29, 1.82) is 0 Å². The van der Waals surface area contributed by atoms with Crippen LogP contribution in [-0.4, -0.2) is 38.0 Å². The summed E-state index contributed by atoms with van der Waals surface area (Å²) < 4.78 is 1.62. The first-order chi connectivity index (χ1) is 10.6. The summed E-state index contributed by atoms with van der Waals surface area (Å²) >= 11 is 6.94. The van der Waals surface area contributed by atoms with Crippen LogP contribution in [0, 0.1) is 0 Å². The van der Waals surface area contributed by atoms with Gasteiger partial charge in [-0.1, -0.05) is 17.7 Å². The average molecular weight is 338 g/mol. The van der Waals surface area contributed by atoms with Gasteiger partial charge in [-0.25, -0.2) is 4.68 Å². The van der Waals surface area contributed by atoms with Crippen molar-refractivity contribution in [1.82, 2.24) is 9.78 Å². The monoisotopic (exact) mass is 337 g/mol. The van der Waals surface area contributed by atoms with E-state index in [1.54, 1.807) is 29.2 Å². The normalized spacial score (nSPS) is 12.0. The Labute approximate surface area is 135 Å². The molecule has 0 aliphatic carbocycles. The fourth-order valence-electron chi connectivity index (χ4n) is 1.50. The number of aromatic nitrogens is 2. The second-order valence-corrected chi connectivity index (χ2v) is 5.33. The quantitative estimate of drug-likeness (QED) is 0.476. The van der Waals surface area contributed by atoms with Crippen LogP contribution in [0.1, 0.15) is 5.56 Å². The molecule has 0 spiro atoms. The molecule has 0 unspecified atom stereocenters. The molecule has 22 heavy (non-hydrogen) atoms. The molecule has 0 atom stereocenters. The Bertz CT molecular complexity index is 729. The van der Waals surface area contributed by atoms with Gasteiger partial charge >= 0.3 is 5.97 Å². The number of hydrogen-bond acceptors (Lipinski definition) is 5. The van der Waals surface area contributed by atoms with Crippen LogP contribution in [0.15, 0.2) is 46.9 Å². The molecule has 0 saturated heterocycles. The zero-order valence-corrected chi connectivity index (χ0v) is 12.8. The highest BCUT2D eigenvalue weighted by Crippen LogP contribution is 2.14. The number of rotatable bonds is 6. The summed E-state index contributed by atoms with van der Waals surface area (Å²) in [6.45, 7) is 0. The van der Waals surface area contributed by atoms with Gasteiger partial charge in [0.2, 0.25) is 0 Å². The number of nitrogens with two attached hydrogens (primary N) is 1. The molecule has 114 valence electrons. The molecule has 1 aromatic heterocycles. The number of carboxylic acid groups (broad SMARTS) is 1. The third-order valence-corrected chi connectivity index (χ3v) is 3.34. The standard InChI is InChI=1S/C13H12ClN5O2S/c14-10-2-1-3-11(4-10)19-6-9(5-17-19)13(15)18-16-8-22-7-12(20)21/h1-6,8H,7H2,(H2,15,18)(H,20,21). The minimum atomic E-state index is -0.920. The van der Waals surface area contributed by atoms with Crippen LogP contribution in [0.4, 0.5) is 0 Å². The van der Waals surface area contributed by atoms with Crippen LogP contribution in [0.2, 0.25) is 5.02 Å². The molecule has 0 fully saturated rings. The van der Waals surface area contributed by atoms with Gasteiger partial charge in [0.25, 0.3) is 0 Å². The Kier molecular flexibility index (Phi) is 5.56. The van der Waals surface area contributed by atoms with E-state index in [2.05, 4.69) is 15.3 Å². The van der Waals surface area contributed by atoms with Crippen LogP contribution in [-0.2, 0) is 4.79 Å². The predicted octanol–water partition coefficient (Wildman–Crippen LogP) is 1.99. The van der Waals surface area contributed by atoms with E-state index < -0.39 is 5.97 Å². The Morgan fingerprint density at radius 2 is 2.36 bits per heavy atom. The van der Waals surface area contributed by atoms with E-state index in [4.69, 9.17) is 22.4 Å². The molecule has 2 aromatic rings. The number of benzene rings is 1. The molecule has 0 aliphatic rings. The summed E-state index contributed by atoms with van der Waals surface area (Å²) in [7, 11) is 0. The highest BCUT2D eigenvalue weighted by molar-refractivity contribution is 8.12. The summed E-state index contributed by atoms with van der Waals surface area (Å²) in [5.41, 5.74) is 8.51. The number of aliphatic carboxylic acids is 1. The van der Waals surface area contributed by atoms with Crippen LogP contribution < -0.4 is 5.73 Å². The molecule has 0 saturated carbocycles. The van der Waals surface area contributed by atoms with E-state index in [1.807, 2.05) is 12.1 Å². The summed E-state index contributed by atoms with van der Waals surface area (Å²) in [6, 6.07) is 7.22. The first-order valence-corrected chi connectivity index (χ1v) is 7.48. The molecule has 7 nitrogen and oxygen atoms in total. The summed E-state index contributed by atoms with van der Waals surface area (Å²) in [5.74, 6) is -0.817. The number of halogens is 1. The maximum Gasteiger partial charge on any atom is 0.313 e. The molecule has 3 N–H and O–H groups in total. The van der Waals surface area contributed by atoms with E-state index in [0.29, 0.717) is 10.6 Å². The SMILES string of the molecule is NC(=NN=CSCC(=O)O)c1cnn(-c2cccc(Cl)c2)c1. The molecule has 0 bridgehead atoms. The van der Waals surface area contributed by atoms with Gasteiger partial charge in [0.05, 0.1) is 28.7 Å². The summed E-state index contributed by atoms with van der Waals surface area (Å²) in [6.07, 6.45) is 3.25. The number of nitrogens with zero attached hydrogens (tertiary/aromatic N) is 4. The minimum absolute atomic E-state index is 0.0778. The van der Waals surface area contributed by atoms with Crippen molar-refractivity contribution >= 4 is 40.7 Å². The summed E-state index contributed by atoms with van der Waals surface area (Å²) in [5, 5.41) is 20.7. The average Bonchev–Trinajstić information content (AvgIpc) is 2.96. The Morgan fingerprint density at radius 1 is 1.55 bits per heavy atom. The topological polar surface area (TPSA) is 106 Å². The van der Waals surface area contributed by atoms with Crippen molar-refractivity contribution < 1.29 is 9.90 Å². The predicted molar refractivity (Wildman–Crippen MR) is 87.9 cm³/mol. The van der Waals surface area contributed by atoms with Gasteiger partial charge in [-0.05, 0) is 18.2 Å². The molecule has 1 aromatic carbocycles. The van der Waals surface area contributed by atoms with Crippen LogP contribution in [0.5, 0.6) is 0 Å². The highest BCUT2D eigenvalue weighted by atomic mass is 35.5. The molecule has 0 aliphatic heterocycles. The van der Waals surface area contributed by atoms with Gasteiger partial charge in [0, 0.05) is 11.2 Å². The molecular weight excluding hydrogens is 326 g/mol. The van der Waals surface area contributed by atoms with Crippen molar-refractivity contribution in [2.45, 2.75) is 0 Å². The Morgan fingerprint density at radius 3 is 3.09 bits per heavy atom. The lowest BCUT2D eigenvalue weighted by Gasteiger charge is -2.00. The third kappa shape index (κ3) is 4.61. The Hall–Kier alpha value is -2.32.